The lowest BCUT2D eigenvalue weighted by atomic mass is 9.86. The van der Waals surface area contributed by atoms with E-state index in [1.165, 1.54) is 64.7 Å². The molecule has 0 bridgehead atoms. The van der Waals surface area contributed by atoms with Crippen LogP contribution in [-0.2, 0) is 0 Å². The SMILES string of the molecule is c1ccc(N2c3cccc4c(-c5cccnc5)ccc(c34)-c3ccc4sc5ccccc5c4c32)cc1. The van der Waals surface area contributed by atoms with Gasteiger partial charge in [-0.1, -0.05) is 72.8 Å². The van der Waals surface area contributed by atoms with E-state index in [2.05, 4.69) is 113 Å². The quantitative estimate of drug-likeness (QED) is 0.247. The normalized spacial score (nSPS) is 12.4. The Labute approximate surface area is 212 Å². The van der Waals surface area contributed by atoms with Gasteiger partial charge in [0.1, 0.15) is 0 Å². The van der Waals surface area contributed by atoms with Gasteiger partial charge in [-0.05, 0) is 52.9 Å². The summed E-state index contributed by atoms with van der Waals surface area (Å²) in [5.41, 5.74) is 8.56. The second kappa shape index (κ2) is 7.51. The van der Waals surface area contributed by atoms with Crippen molar-refractivity contribution in [2.75, 3.05) is 4.90 Å². The largest absolute Gasteiger partial charge is 0.309 e. The first kappa shape index (κ1) is 19.8. The van der Waals surface area contributed by atoms with Crippen LogP contribution in [0.2, 0.25) is 0 Å². The summed E-state index contributed by atoms with van der Waals surface area (Å²) in [5.74, 6) is 0. The molecule has 3 heterocycles. The van der Waals surface area contributed by atoms with Crippen LogP contribution >= 0.6 is 11.3 Å². The Hall–Kier alpha value is -4.47. The number of para-hydroxylation sites is 1. The molecule has 36 heavy (non-hydrogen) atoms. The smallest absolute Gasteiger partial charge is 0.0633 e. The zero-order valence-corrected chi connectivity index (χ0v) is 20.2. The summed E-state index contributed by atoms with van der Waals surface area (Å²) in [6, 6.07) is 39.6. The van der Waals surface area contributed by atoms with Gasteiger partial charge >= 0.3 is 0 Å². The monoisotopic (exact) mass is 476 g/mol. The van der Waals surface area contributed by atoms with Gasteiger partial charge < -0.3 is 4.90 Å². The fraction of sp³-hybridized carbons (Fsp3) is 0. The number of hydrogen-bond acceptors (Lipinski definition) is 3. The molecule has 168 valence electrons. The lowest BCUT2D eigenvalue weighted by molar-refractivity contribution is 1.30. The third-order valence-electron chi connectivity index (χ3n) is 7.28. The van der Waals surface area contributed by atoms with Crippen LogP contribution in [0.15, 0.2) is 122 Å². The number of nitrogens with zero attached hydrogens (tertiary/aromatic N) is 2. The molecular weight excluding hydrogens is 456 g/mol. The number of rotatable bonds is 2. The molecule has 0 amide bonds. The van der Waals surface area contributed by atoms with E-state index in [-0.39, 0.29) is 0 Å². The van der Waals surface area contributed by atoms with Crippen LogP contribution < -0.4 is 4.90 Å². The molecule has 3 heteroatoms. The van der Waals surface area contributed by atoms with Crippen LogP contribution in [0.1, 0.15) is 0 Å². The molecule has 5 aromatic carbocycles. The first-order chi connectivity index (χ1) is 17.9. The molecule has 2 nitrogen and oxygen atoms in total. The lowest BCUT2D eigenvalue weighted by Crippen LogP contribution is -2.15. The maximum atomic E-state index is 4.39. The van der Waals surface area contributed by atoms with Crippen molar-refractivity contribution in [1.29, 1.82) is 0 Å². The zero-order valence-electron chi connectivity index (χ0n) is 19.3. The standard InChI is InChI=1S/C33H20N2S/c1-2-9-22(10-3-1)35-28-13-6-12-24-23(21-8-7-19-34-20-21)15-16-25(31(24)28)26-17-18-30-32(33(26)35)27-11-4-5-14-29(27)36-30/h1-20H. The molecule has 0 aliphatic carbocycles. The summed E-state index contributed by atoms with van der Waals surface area (Å²) < 4.78 is 2.64. The Bertz CT molecular complexity index is 1940. The number of aromatic nitrogens is 1. The van der Waals surface area contributed by atoms with E-state index in [0.29, 0.717) is 0 Å². The van der Waals surface area contributed by atoms with Crippen molar-refractivity contribution in [2.24, 2.45) is 0 Å². The molecule has 0 saturated heterocycles. The summed E-state index contributed by atoms with van der Waals surface area (Å²) in [7, 11) is 0. The van der Waals surface area contributed by atoms with Gasteiger partial charge in [-0.25, -0.2) is 0 Å². The highest BCUT2D eigenvalue weighted by Crippen LogP contribution is 2.56. The molecule has 8 rings (SSSR count). The van der Waals surface area contributed by atoms with Crippen molar-refractivity contribution in [2.45, 2.75) is 0 Å². The van der Waals surface area contributed by atoms with Crippen molar-refractivity contribution in [3.63, 3.8) is 0 Å². The van der Waals surface area contributed by atoms with Gasteiger partial charge in [0, 0.05) is 54.8 Å². The number of benzene rings is 5. The highest BCUT2D eigenvalue weighted by molar-refractivity contribution is 7.26. The molecule has 0 fully saturated rings. The molecule has 7 aromatic rings. The van der Waals surface area contributed by atoms with Gasteiger partial charge in [-0.3, -0.25) is 4.98 Å². The van der Waals surface area contributed by atoms with Gasteiger partial charge in [0.25, 0.3) is 0 Å². The number of thiophene rings is 1. The zero-order chi connectivity index (χ0) is 23.6. The first-order valence-corrected chi connectivity index (χ1v) is 13.0. The molecule has 1 aliphatic heterocycles. The van der Waals surface area contributed by atoms with Crippen molar-refractivity contribution in [3.8, 4) is 22.3 Å². The Morgan fingerprint density at radius 3 is 2.25 bits per heavy atom. The Kier molecular flexibility index (Phi) is 4.13. The second-order valence-electron chi connectivity index (χ2n) is 9.21. The molecule has 0 N–H and O–H groups in total. The number of hydrogen-bond donors (Lipinski definition) is 0. The summed E-state index contributed by atoms with van der Waals surface area (Å²) in [6.45, 7) is 0. The molecule has 0 radical (unpaired) electrons. The highest BCUT2D eigenvalue weighted by Gasteiger charge is 2.29. The predicted molar refractivity (Wildman–Crippen MR) is 154 cm³/mol. The van der Waals surface area contributed by atoms with Crippen molar-refractivity contribution >= 4 is 59.3 Å². The third-order valence-corrected chi connectivity index (χ3v) is 8.41. The van der Waals surface area contributed by atoms with Gasteiger partial charge in [0.05, 0.1) is 11.4 Å². The number of fused-ring (bicyclic) bond motifs is 6. The summed E-state index contributed by atoms with van der Waals surface area (Å²) in [5, 5.41) is 5.18. The minimum absolute atomic E-state index is 1.14. The van der Waals surface area contributed by atoms with E-state index in [0.717, 1.165) is 5.56 Å². The van der Waals surface area contributed by atoms with Gasteiger partial charge in [-0.15, -0.1) is 11.3 Å². The van der Waals surface area contributed by atoms with Crippen molar-refractivity contribution < 1.29 is 0 Å². The average molecular weight is 477 g/mol. The Morgan fingerprint density at radius 1 is 0.556 bits per heavy atom. The van der Waals surface area contributed by atoms with Crippen LogP contribution in [0.4, 0.5) is 17.1 Å². The van der Waals surface area contributed by atoms with E-state index in [1.807, 2.05) is 29.8 Å². The maximum Gasteiger partial charge on any atom is 0.0633 e. The second-order valence-corrected chi connectivity index (χ2v) is 10.3. The Balaban J connectivity index is 1.55. The molecule has 1 aliphatic rings. The molecule has 0 atom stereocenters. The van der Waals surface area contributed by atoms with Gasteiger partial charge in [0.15, 0.2) is 0 Å². The van der Waals surface area contributed by atoms with Crippen molar-refractivity contribution in [1.82, 2.24) is 4.98 Å². The van der Waals surface area contributed by atoms with Crippen LogP contribution in [-0.4, -0.2) is 4.98 Å². The predicted octanol–water partition coefficient (Wildman–Crippen LogP) is 9.72. The molecular formula is C33H20N2S. The Morgan fingerprint density at radius 2 is 1.36 bits per heavy atom. The maximum absolute atomic E-state index is 4.39. The van der Waals surface area contributed by atoms with E-state index in [1.54, 1.807) is 0 Å². The van der Waals surface area contributed by atoms with E-state index in [4.69, 9.17) is 0 Å². The first-order valence-electron chi connectivity index (χ1n) is 12.1. The average Bonchev–Trinajstić information content (AvgIpc) is 3.33. The fourth-order valence-corrected chi connectivity index (χ4v) is 6.89. The molecule has 2 aromatic heterocycles. The molecule has 0 spiro atoms. The molecule has 0 saturated carbocycles. The van der Waals surface area contributed by atoms with E-state index < -0.39 is 0 Å². The fourth-order valence-electron chi connectivity index (χ4n) is 5.79. The summed E-state index contributed by atoms with van der Waals surface area (Å²) in [6.07, 6.45) is 3.79. The minimum Gasteiger partial charge on any atom is -0.309 e. The topological polar surface area (TPSA) is 16.1 Å². The summed E-state index contributed by atoms with van der Waals surface area (Å²) in [4.78, 5) is 6.86. The number of anilines is 3. The van der Waals surface area contributed by atoms with Crippen molar-refractivity contribution in [3.05, 3.63) is 122 Å². The van der Waals surface area contributed by atoms with Gasteiger partial charge in [0.2, 0.25) is 0 Å². The van der Waals surface area contributed by atoms with Gasteiger partial charge in [-0.2, -0.15) is 0 Å². The van der Waals surface area contributed by atoms with Crippen LogP contribution in [0.5, 0.6) is 0 Å². The molecule has 0 unspecified atom stereocenters. The minimum atomic E-state index is 1.14. The van der Waals surface area contributed by atoms with Crippen LogP contribution in [0, 0.1) is 0 Å². The van der Waals surface area contributed by atoms with E-state index >= 15 is 0 Å². The lowest BCUT2D eigenvalue weighted by Gasteiger charge is -2.34. The number of pyridine rings is 1. The van der Waals surface area contributed by atoms with Crippen LogP contribution in [0.3, 0.4) is 0 Å². The third kappa shape index (κ3) is 2.69. The highest BCUT2D eigenvalue weighted by atomic mass is 32.1. The van der Waals surface area contributed by atoms with E-state index in [9.17, 15) is 0 Å². The summed E-state index contributed by atoms with van der Waals surface area (Å²) >= 11 is 1.87. The van der Waals surface area contributed by atoms with Crippen LogP contribution in [0.25, 0.3) is 53.2 Å².